The highest BCUT2D eigenvalue weighted by Gasteiger charge is 2.45. The minimum absolute atomic E-state index is 0.110. The Bertz CT molecular complexity index is 265. The van der Waals surface area contributed by atoms with Gasteiger partial charge in [0.05, 0.1) is 17.6 Å². The largest absolute Gasteiger partial charge is 0.353 e. The minimum atomic E-state index is -2.82. The lowest BCUT2D eigenvalue weighted by Gasteiger charge is -2.11. The van der Waals surface area contributed by atoms with Gasteiger partial charge >= 0.3 is 0 Å². The van der Waals surface area contributed by atoms with Gasteiger partial charge < -0.3 is 9.47 Å². The van der Waals surface area contributed by atoms with Crippen LogP contribution >= 0.6 is 0 Å². The molecule has 0 N–H and O–H groups in total. The van der Waals surface area contributed by atoms with Crippen molar-refractivity contribution >= 4 is 9.84 Å². The predicted molar refractivity (Wildman–Crippen MR) is 47.0 cm³/mol. The Morgan fingerprint density at radius 3 is 2.85 bits per heavy atom. The molecule has 3 atom stereocenters. The summed E-state index contributed by atoms with van der Waals surface area (Å²) in [4.78, 5) is 0. The van der Waals surface area contributed by atoms with Crippen LogP contribution in [-0.4, -0.2) is 38.9 Å². The molecule has 0 saturated carbocycles. The maximum absolute atomic E-state index is 11.2. The van der Waals surface area contributed by atoms with Crippen LogP contribution in [0, 0.1) is 5.92 Å². The summed E-state index contributed by atoms with van der Waals surface area (Å²) in [5.74, 6) is 0.629. The van der Waals surface area contributed by atoms with Gasteiger partial charge in [-0.15, -0.1) is 0 Å². The topological polar surface area (TPSA) is 52.6 Å². The monoisotopic (exact) mass is 206 g/mol. The molecule has 2 aliphatic heterocycles. The summed E-state index contributed by atoms with van der Waals surface area (Å²) in [5, 5.41) is 0. The standard InChI is InChI=1S/C8H14O4S/c1-2-11-8-3-6-4-13(9,10)5-7(6)12-8/h6-8H,2-5H2,1H3/t6-,7-,8-/m0/s1. The summed E-state index contributed by atoms with van der Waals surface area (Å²) in [6.45, 7) is 2.53. The van der Waals surface area contributed by atoms with Gasteiger partial charge in [0.2, 0.25) is 0 Å². The smallest absolute Gasteiger partial charge is 0.158 e. The van der Waals surface area contributed by atoms with Gasteiger partial charge in [-0.3, -0.25) is 0 Å². The lowest BCUT2D eigenvalue weighted by Crippen LogP contribution is -2.18. The van der Waals surface area contributed by atoms with Crippen molar-refractivity contribution in [3.63, 3.8) is 0 Å². The molecule has 2 saturated heterocycles. The van der Waals surface area contributed by atoms with Gasteiger partial charge in [-0.05, 0) is 6.92 Å². The number of rotatable bonds is 2. The Hall–Kier alpha value is -0.130. The number of hydrogen-bond donors (Lipinski definition) is 0. The summed E-state index contributed by atoms with van der Waals surface area (Å²) < 4.78 is 33.1. The molecule has 2 heterocycles. The molecule has 2 rings (SSSR count). The normalized spacial score (nSPS) is 42.1. The zero-order valence-corrected chi connectivity index (χ0v) is 8.42. The second-order valence-electron chi connectivity index (χ2n) is 3.63. The highest BCUT2D eigenvalue weighted by Crippen LogP contribution is 2.34. The Balaban J connectivity index is 1.97. The van der Waals surface area contributed by atoms with E-state index < -0.39 is 9.84 Å². The van der Waals surface area contributed by atoms with Crippen LogP contribution in [0.25, 0.3) is 0 Å². The third-order valence-electron chi connectivity index (χ3n) is 2.59. The third-order valence-corrected chi connectivity index (χ3v) is 4.36. The van der Waals surface area contributed by atoms with Crippen LogP contribution in [0.1, 0.15) is 13.3 Å². The van der Waals surface area contributed by atoms with Gasteiger partial charge in [0, 0.05) is 18.9 Å². The highest BCUT2D eigenvalue weighted by atomic mass is 32.2. The number of sulfone groups is 1. The van der Waals surface area contributed by atoms with Crippen LogP contribution in [0.3, 0.4) is 0 Å². The molecule has 76 valence electrons. The Kier molecular flexibility index (Phi) is 2.33. The molecule has 0 aromatic rings. The van der Waals surface area contributed by atoms with Crippen LogP contribution in [-0.2, 0) is 19.3 Å². The van der Waals surface area contributed by atoms with Gasteiger partial charge in [0.1, 0.15) is 0 Å². The number of fused-ring (bicyclic) bond motifs is 1. The van der Waals surface area contributed by atoms with E-state index in [0.29, 0.717) is 6.61 Å². The summed E-state index contributed by atoms with van der Waals surface area (Å²) >= 11 is 0. The fraction of sp³-hybridized carbons (Fsp3) is 1.00. The van der Waals surface area contributed by atoms with Crippen molar-refractivity contribution in [3.8, 4) is 0 Å². The molecule has 0 bridgehead atoms. The van der Waals surface area contributed by atoms with E-state index in [9.17, 15) is 8.42 Å². The second-order valence-corrected chi connectivity index (χ2v) is 5.79. The van der Waals surface area contributed by atoms with Crippen molar-refractivity contribution in [2.24, 2.45) is 5.92 Å². The summed E-state index contributed by atoms with van der Waals surface area (Å²) in [6.07, 6.45) is 0.453. The first kappa shape index (κ1) is 9.43. The van der Waals surface area contributed by atoms with E-state index in [1.54, 1.807) is 0 Å². The summed E-state index contributed by atoms with van der Waals surface area (Å²) in [5.41, 5.74) is 0. The van der Waals surface area contributed by atoms with Gasteiger partial charge in [0.25, 0.3) is 0 Å². The fourth-order valence-electron chi connectivity index (χ4n) is 2.05. The van der Waals surface area contributed by atoms with E-state index in [1.807, 2.05) is 6.92 Å². The van der Waals surface area contributed by atoms with Gasteiger partial charge in [-0.1, -0.05) is 0 Å². The molecule has 2 aliphatic rings. The van der Waals surface area contributed by atoms with E-state index in [4.69, 9.17) is 9.47 Å². The SMILES string of the molecule is CCO[C@@H]1C[C@H]2CS(=O)(=O)C[C@@H]2O1. The third kappa shape index (κ3) is 1.87. The van der Waals surface area contributed by atoms with Crippen LogP contribution in [0.5, 0.6) is 0 Å². The lowest BCUT2D eigenvalue weighted by molar-refractivity contribution is -0.125. The van der Waals surface area contributed by atoms with Crippen molar-refractivity contribution < 1.29 is 17.9 Å². The van der Waals surface area contributed by atoms with Gasteiger partial charge in [0.15, 0.2) is 16.1 Å². The molecule has 0 unspecified atom stereocenters. The average Bonchev–Trinajstić information content (AvgIpc) is 2.41. The number of ether oxygens (including phenoxy) is 2. The lowest BCUT2D eigenvalue weighted by atomic mass is 10.1. The summed E-state index contributed by atoms with van der Waals surface area (Å²) in [6, 6.07) is 0. The molecule has 13 heavy (non-hydrogen) atoms. The van der Waals surface area contributed by atoms with Crippen molar-refractivity contribution in [1.82, 2.24) is 0 Å². The van der Waals surface area contributed by atoms with E-state index in [2.05, 4.69) is 0 Å². The van der Waals surface area contributed by atoms with E-state index in [-0.39, 0.29) is 29.8 Å². The Morgan fingerprint density at radius 1 is 1.46 bits per heavy atom. The van der Waals surface area contributed by atoms with E-state index >= 15 is 0 Å². The molecular formula is C8H14O4S. The van der Waals surface area contributed by atoms with Crippen LogP contribution < -0.4 is 0 Å². The Morgan fingerprint density at radius 2 is 2.23 bits per heavy atom. The first-order valence-corrected chi connectivity index (χ1v) is 6.40. The molecule has 0 amide bonds. The van der Waals surface area contributed by atoms with Crippen molar-refractivity contribution in [3.05, 3.63) is 0 Å². The molecule has 0 aromatic heterocycles. The first-order valence-electron chi connectivity index (χ1n) is 4.58. The molecule has 0 aromatic carbocycles. The Labute approximate surface area is 78.1 Å². The quantitative estimate of drug-likeness (QED) is 0.647. The maximum Gasteiger partial charge on any atom is 0.158 e. The first-order chi connectivity index (χ1) is 6.11. The molecule has 2 fully saturated rings. The van der Waals surface area contributed by atoms with E-state index in [0.717, 1.165) is 6.42 Å². The molecule has 0 radical (unpaired) electrons. The fourth-order valence-corrected chi connectivity index (χ4v) is 4.04. The van der Waals surface area contributed by atoms with Gasteiger partial charge in [-0.2, -0.15) is 0 Å². The highest BCUT2D eigenvalue weighted by molar-refractivity contribution is 7.91. The number of hydrogen-bond acceptors (Lipinski definition) is 4. The molecule has 0 spiro atoms. The van der Waals surface area contributed by atoms with E-state index in [1.165, 1.54) is 0 Å². The molecule has 4 nitrogen and oxygen atoms in total. The molecular weight excluding hydrogens is 192 g/mol. The average molecular weight is 206 g/mol. The van der Waals surface area contributed by atoms with Gasteiger partial charge in [-0.25, -0.2) is 8.42 Å². The predicted octanol–water partition coefficient (Wildman–Crippen LogP) is 0.182. The zero-order chi connectivity index (χ0) is 9.47. The molecule has 5 heteroatoms. The van der Waals surface area contributed by atoms with Crippen LogP contribution in [0.15, 0.2) is 0 Å². The maximum atomic E-state index is 11.2. The molecule has 0 aliphatic carbocycles. The zero-order valence-electron chi connectivity index (χ0n) is 7.60. The van der Waals surface area contributed by atoms with Crippen molar-refractivity contribution in [2.45, 2.75) is 25.7 Å². The second kappa shape index (κ2) is 3.22. The van der Waals surface area contributed by atoms with Crippen molar-refractivity contribution in [2.75, 3.05) is 18.1 Å². The van der Waals surface area contributed by atoms with Crippen LogP contribution in [0.4, 0.5) is 0 Å². The summed E-state index contributed by atoms with van der Waals surface area (Å²) in [7, 11) is -2.82. The van der Waals surface area contributed by atoms with Crippen molar-refractivity contribution in [1.29, 1.82) is 0 Å². The minimum Gasteiger partial charge on any atom is -0.353 e. The van der Waals surface area contributed by atoms with Crippen LogP contribution in [0.2, 0.25) is 0 Å².